The second-order valence-electron chi connectivity index (χ2n) is 4.45. The lowest BCUT2D eigenvalue weighted by molar-refractivity contribution is 0.590. The molecule has 5 heteroatoms. The Bertz CT molecular complexity index is 531. The molecule has 3 nitrogen and oxygen atoms in total. The van der Waals surface area contributed by atoms with Gasteiger partial charge in [-0.3, -0.25) is 0 Å². The third-order valence-corrected chi connectivity index (χ3v) is 3.38. The number of nitrogens with zero attached hydrogens (tertiary/aromatic N) is 1. The Labute approximate surface area is 124 Å². The normalized spacial score (nSPS) is 12.2. The van der Waals surface area contributed by atoms with Gasteiger partial charge in [0.2, 0.25) is 0 Å². The summed E-state index contributed by atoms with van der Waals surface area (Å²) in [6, 6.07) is 9.88. The first-order valence-corrected chi connectivity index (χ1v) is 6.61. The fraction of sp³-hybridized carbons (Fsp3) is 0.357. The number of nitrogens with two attached hydrogens (primary N) is 2. The van der Waals surface area contributed by atoms with E-state index in [1.807, 2.05) is 30.3 Å². The molecule has 0 aliphatic heterocycles. The van der Waals surface area contributed by atoms with Crippen molar-refractivity contribution in [3.63, 3.8) is 0 Å². The van der Waals surface area contributed by atoms with Crippen molar-refractivity contribution in [2.75, 3.05) is 6.54 Å². The lowest BCUT2D eigenvalue weighted by Gasteiger charge is -2.13. The molecule has 2 rings (SSSR count). The van der Waals surface area contributed by atoms with Gasteiger partial charge in [0.05, 0.1) is 5.52 Å². The van der Waals surface area contributed by atoms with Crippen LogP contribution in [0.2, 0.25) is 5.15 Å². The van der Waals surface area contributed by atoms with E-state index in [1.54, 1.807) is 0 Å². The Hall–Kier alpha value is -0.870. The van der Waals surface area contributed by atoms with Gasteiger partial charge in [-0.25, -0.2) is 4.98 Å². The number of unbranched alkanes of at least 4 members (excludes halogenated alkanes) is 1. The molecule has 0 saturated carbocycles. The number of para-hydroxylation sites is 1. The highest BCUT2D eigenvalue weighted by molar-refractivity contribution is 6.30. The Morgan fingerprint density at radius 3 is 2.68 bits per heavy atom. The number of benzene rings is 1. The smallest absolute Gasteiger partial charge is 0.134 e. The third-order valence-electron chi connectivity index (χ3n) is 3.07. The SMILES string of the molecule is Cl.NCCCC[C@H](N)c1cc2ccccc2nc1Cl. The van der Waals surface area contributed by atoms with Crippen molar-refractivity contribution in [1.82, 2.24) is 4.98 Å². The van der Waals surface area contributed by atoms with Gasteiger partial charge in [-0.1, -0.05) is 36.2 Å². The van der Waals surface area contributed by atoms with Crippen molar-refractivity contribution < 1.29 is 0 Å². The van der Waals surface area contributed by atoms with Crippen LogP contribution in [0.15, 0.2) is 30.3 Å². The monoisotopic (exact) mass is 299 g/mol. The van der Waals surface area contributed by atoms with Crippen LogP contribution in [0.1, 0.15) is 30.9 Å². The van der Waals surface area contributed by atoms with Crippen molar-refractivity contribution in [3.8, 4) is 0 Å². The molecule has 1 atom stereocenters. The fourth-order valence-electron chi connectivity index (χ4n) is 2.03. The predicted molar refractivity (Wildman–Crippen MR) is 83.8 cm³/mol. The molecule has 0 radical (unpaired) electrons. The van der Waals surface area contributed by atoms with Crippen LogP contribution in [0.3, 0.4) is 0 Å². The van der Waals surface area contributed by atoms with Crippen LogP contribution >= 0.6 is 24.0 Å². The van der Waals surface area contributed by atoms with Crippen molar-refractivity contribution >= 4 is 34.9 Å². The zero-order valence-corrected chi connectivity index (χ0v) is 12.3. The number of aromatic nitrogens is 1. The Morgan fingerprint density at radius 2 is 1.95 bits per heavy atom. The molecule has 0 amide bonds. The summed E-state index contributed by atoms with van der Waals surface area (Å²) >= 11 is 6.20. The molecule has 1 aromatic heterocycles. The zero-order chi connectivity index (χ0) is 13.0. The van der Waals surface area contributed by atoms with Gasteiger partial charge >= 0.3 is 0 Å². The van der Waals surface area contributed by atoms with Gasteiger partial charge in [-0.2, -0.15) is 0 Å². The zero-order valence-electron chi connectivity index (χ0n) is 10.7. The van der Waals surface area contributed by atoms with Crippen molar-refractivity contribution in [2.45, 2.75) is 25.3 Å². The number of hydrogen-bond donors (Lipinski definition) is 2. The fourth-order valence-corrected chi connectivity index (χ4v) is 2.32. The van der Waals surface area contributed by atoms with E-state index >= 15 is 0 Å². The summed E-state index contributed by atoms with van der Waals surface area (Å²) in [6.07, 6.45) is 2.89. The summed E-state index contributed by atoms with van der Waals surface area (Å²) in [7, 11) is 0. The maximum absolute atomic E-state index is 6.20. The van der Waals surface area contributed by atoms with E-state index in [0.717, 1.165) is 35.7 Å². The van der Waals surface area contributed by atoms with E-state index in [9.17, 15) is 0 Å². The maximum Gasteiger partial charge on any atom is 0.134 e. The summed E-state index contributed by atoms with van der Waals surface area (Å²) in [5.74, 6) is 0. The minimum Gasteiger partial charge on any atom is -0.330 e. The lowest BCUT2D eigenvalue weighted by Crippen LogP contribution is -2.12. The van der Waals surface area contributed by atoms with Gasteiger partial charge < -0.3 is 11.5 Å². The Balaban J connectivity index is 0.00000180. The Morgan fingerprint density at radius 1 is 1.21 bits per heavy atom. The minimum absolute atomic E-state index is 0. The molecule has 0 saturated heterocycles. The number of halogens is 2. The second-order valence-corrected chi connectivity index (χ2v) is 4.81. The first-order valence-electron chi connectivity index (χ1n) is 6.23. The molecule has 19 heavy (non-hydrogen) atoms. The summed E-state index contributed by atoms with van der Waals surface area (Å²) in [5, 5.41) is 1.58. The summed E-state index contributed by atoms with van der Waals surface area (Å²) in [4.78, 5) is 4.39. The average molecular weight is 300 g/mol. The van der Waals surface area contributed by atoms with Gasteiger partial charge in [0.25, 0.3) is 0 Å². The molecular formula is C14H19Cl2N3. The van der Waals surface area contributed by atoms with E-state index in [0.29, 0.717) is 11.7 Å². The van der Waals surface area contributed by atoms with Crippen LogP contribution in [-0.2, 0) is 0 Å². The van der Waals surface area contributed by atoms with Gasteiger partial charge in [0, 0.05) is 17.0 Å². The predicted octanol–water partition coefficient (Wildman–Crippen LogP) is 3.44. The number of fused-ring (bicyclic) bond motifs is 1. The molecule has 0 unspecified atom stereocenters. The van der Waals surface area contributed by atoms with Crippen LogP contribution in [0.5, 0.6) is 0 Å². The molecule has 1 aromatic carbocycles. The molecule has 0 aliphatic carbocycles. The highest BCUT2D eigenvalue weighted by Gasteiger charge is 2.12. The molecule has 4 N–H and O–H groups in total. The summed E-state index contributed by atoms with van der Waals surface area (Å²) < 4.78 is 0. The molecular weight excluding hydrogens is 281 g/mol. The van der Waals surface area contributed by atoms with E-state index in [1.165, 1.54) is 0 Å². The van der Waals surface area contributed by atoms with E-state index in [4.69, 9.17) is 23.1 Å². The molecule has 0 aliphatic rings. The van der Waals surface area contributed by atoms with Gasteiger partial charge in [0.15, 0.2) is 0 Å². The molecule has 1 heterocycles. The summed E-state index contributed by atoms with van der Waals surface area (Å²) in [6.45, 7) is 0.705. The van der Waals surface area contributed by atoms with Crippen molar-refractivity contribution in [1.29, 1.82) is 0 Å². The molecule has 104 valence electrons. The van der Waals surface area contributed by atoms with Gasteiger partial charge in [-0.15, -0.1) is 12.4 Å². The topological polar surface area (TPSA) is 64.9 Å². The quantitative estimate of drug-likeness (QED) is 0.656. The third kappa shape index (κ3) is 4.05. The highest BCUT2D eigenvalue weighted by atomic mass is 35.5. The number of hydrogen-bond acceptors (Lipinski definition) is 3. The van der Waals surface area contributed by atoms with E-state index in [2.05, 4.69) is 4.98 Å². The van der Waals surface area contributed by atoms with Gasteiger partial charge in [-0.05, 0) is 31.5 Å². The molecule has 2 aromatic rings. The van der Waals surface area contributed by atoms with Crippen LogP contribution in [0.4, 0.5) is 0 Å². The summed E-state index contributed by atoms with van der Waals surface area (Å²) in [5.41, 5.74) is 13.5. The van der Waals surface area contributed by atoms with Crippen molar-refractivity contribution in [3.05, 3.63) is 41.0 Å². The average Bonchev–Trinajstić information content (AvgIpc) is 2.38. The first kappa shape index (κ1) is 16.2. The van der Waals surface area contributed by atoms with Crippen LogP contribution in [-0.4, -0.2) is 11.5 Å². The largest absolute Gasteiger partial charge is 0.330 e. The first-order chi connectivity index (χ1) is 8.72. The van der Waals surface area contributed by atoms with E-state index < -0.39 is 0 Å². The van der Waals surface area contributed by atoms with Gasteiger partial charge in [0.1, 0.15) is 5.15 Å². The van der Waals surface area contributed by atoms with Crippen LogP contribution in [0.25, 0.3) is 10.9 Å². The second kappa shape index (κ2) is 7.65. The van der Waals surface area contributed by atoms with Crippen molar-refractivity contribution in [2.24, 2.45) is 11.5 Å². The number of rotatable bonds is 5. The molecule has 0 spiro atoms. The van der Waals surface area contributed by atoms with E-state index in [-0.39, 0.29) is 18.4 Å². The number of pyridine rings is 1. The maximum atomic E-state index is 6.20. The standard InChI is InChI=1S/C14H18ClN3.ClH/c15-14-11(12(17)6-3-4-8-16)9-10-5-1-2-7-13(10)18-14;/h1-2,5,7,9,12H,3-4,6,8,16-17H2;1H/t12-;/m0./s1. The minimum atomic E-state index is -0.0684. The van der Waals surface area contributed by atoms with Crippen LogP contribution < -0.4 is 11.5 Å². The lowest BCUT2D eigenvalue weighted by atomic mass is 10.0. The Kier molecular flexibility index (Phi) is 6.52. The van der Waals surface area contributed by atoms with Crippen LogP contribution in [0, 0.1) is 0 Å². The molecule has 0 fully saturated rings. The molecule has 0 bridgehead atoms. The highest BCUT2D eigenvalue weighted by Crippen LogP contribution is 2.27.